The number of halogens is 1. The standard InChI is InChI=1S/C10H12BrNO4S/c1-17(15,16)12-9(6-10(13)14)7-3-2-4-8(11)5-7/h2-5,9,12H,6H2,1H3,(H,13,14). The van der Waals surface area contributed by atoms with E-state index < -0.39 is 22.0 Å². The van der Waals surface area contributed by atoms with E-state index in [0.29, 0.717) is 5.56 Å². The van der Waals surface area contributed by atoms with E-state index in [2.05, 4.69) is 20.7 Å². The summed E-state index contributed by atoms with van der Waals surface area (Å²) in [7, 11) is -3.46. The minimum Gasteiger partial charge on any atom is -0.481 e. The Hall–Kier alpha value is -0.920. The SMILES string of the molecule is CS(=O)(=O)NC(CC(=O)O)c1cccc(Br)c1. The van der Waals surface area contributed by atoms with Crippen LogP contribution in [0.25, 0.3) is 0 Å². The van der Waals surface area contributed by atoms with Gasteiger partial charge in [0, 0.05) is 4.47 Å². The van der Waals surface area contributed by atoms with E-state index >= 15 is 0 Å². The van der Waals surface area contributed by atoms with Crippen LogP contribution in [0.2, 0.25) is 0 Å². The van der Waals surface area contributed by atoms with Crippen LogP contribution in [0.5, 0.6) is 0 Å². The molecule has 0 saturated carbocycles. The van der Waals surface area contributed by atoms with Crippen LogP contribution >= 0.6 is 15.9 Å². The van der Waals surface area contributed by atoms with Crippen molar-refractivity contribution in [2.24, 2.45) is 0 Å². The van der Waals surface area contributed by atoms with Crippen molar-refractivity contribution in [1.29, 1.82) is 0 Å². The Bertz CT molecular complexity index is 515. The van der Waals surface area contributed by atoms with Crippen molar-refractivity contribution in [1.82, 2.24) is 4.72 Å². The lowest BCUT2D eigenvalue weighted by atomic mass is 10.1. The first-order valence-electron chi connectivity index (χ1n) is 4.72. The first-order chi connectivity index (χ1) is 7.78. The van der Waals surface area contributed by atoms with Crippen molar-refractivity contribution >= 4 is 31.9 Å². The Morgan fingerprint density at radius 3 is 2.65 bits per heavy atom. The maximum atomic E-state index is 11.2. The molecule has 0 aromatic heterocycles. The molecule has 7 heteroatoms. The van der Waals surface area contributed by atoms with Crippen molar-refractivity contribution < 1.29 is 18.3 Å². The largest absolute Gasteiger partial charge is 0.481 e. The molecule has 0 fully saturated rings. The molecule has 1 aromatic rings. The van der Waals surface area contributed by atoms with Gasteiger partial charge in [0.15, 0.2) is 0 Å². The normalized spacial score (nSPS) is 13.3. The number of hydrogen-bond donors (Lipinski definition) is 2. The van der Waals surface area contributed by atoms with Gasteiger partial charge in [0.2, 0.25) is 10.0 Å². The third-order valence-electron chi connectivity index (χ3n) is 1.99. The van der Waals surface area contributed by atoms with E-state index in [1.54, 1.807) is 24.3 Å². The minimum atomic E-state index is -3.46. The van der Waals surface area contributed by atoms with Gasteiger partial charge in [-0.25, -0.2) is 13.1 Å². The lowest BCUT2D eigenvalue weighted by Crippen LogP contribution is -2.29. The molecule has 0 aliphatic carbocycles. The summed E-state index contributed by atoms with van der Waals surface area (Å²) < 4.78 is 25.4. The highest BCUT2D eigenvalue weighted by atomic mass is 79.9. The predicted molar refractivity (Wildman–Crippen MR) is 67.1 cm³/mol. The maximum absolute atomic E-state index is 11.2. The summed E-state index contributed by atoms with van der Waals surface area (Å²) in [5, 5.41) is 8.76. The van der Waals surface area contributed by atoms with Gasteiger partial charge < -0.3 is 5.11 Å². The van der Waals surface area contributed by atoms with E-state index in [1.807, 2.05) is 0 Å². The van der Waals surface area contributed by atoms with E-state index in [4.69, 9.17) is 5.11 Å². The van der Waals surface area contributed by atoms with Crippen molar-refractivity contribution in [2.75, 3.05) is 6.26 Å². The highest BCUT2D eigenvalue weighted by molar-refractivity contribution is 9.10. The van der Waals surface area contributed by atoms with Gasteiger partial charge >= 0.3 is 5.97 Å². The summed E-state index contributed by atoms with van der Waals surface area (Å²) in [6.07, 6.45) is 0.698. The van der Waals surface area contributed by atoms with Gasteiger partial charge in [-0.15, -0.1) is 0 Å². The van der Waals surface area contributed by atoms with Crippen molar-refractivity contribution in [3.8, 4) is 0 Å². The number of carboxylic acids is 1. The zero-order chi connectivity index (χ0) is 13.1. The molecule has 94 valence electrons. The molecule has 0 saturated heterocycles. The van der Waals surface area contributed by atoms with Gasteiger partial charge in [0.25, 0.3) is 0 Å². The lowest BCUT2D eigenvalue weighted by molar-refractivity contribution is -0.137. The second-order valence-electron chi connectivity index (χ2n) is 3.60. The Labute approximate surface area is 108 Å². The molecule has 0 radical (unpaired) electrons. The van der Waals surface area contributed by atoms with Crippen LogP contribution in [-0.2, 0) is 14.8 Å². The average molecular weight is 322 g/mol. The molecule has 1 unspecified atom stereocenters. The number of aliphatic carboxylic acids is 1. The third-order valence-corrected chi connectivity index (χ3v) is 3.19. The smallest absolute Gasteiger partial charge is 0.305 e. The molecule has 0 bridgehead atoms. The fraction of sp³-hybridized carbons (Fsp3) is 0.300. The number of rotatable bonds is 5. The zero-order valence-electron chi connectivity index (χ0n) is 9.05. The first-order valence-corrected chi connectivity index (χ1v) is 7.41. The molecule has 0 amide bonds. The van der Waals surface area contributed by atoms with Crippen LogP contribution < -0.4 is 4.72 Å². The number of benzene rings is 1. The molecule has 5 nitrogen and oxygen atoms in total. The number of carboxylic acid groups (broad SMARTS) is 1. The summed E-state index contributed by atoms with van der Waals surface area (Å²) in [6.45, 7) is 0. The fourth-order valence-electron chi connectivity index (χ4n) is 1.38. The van der Waals surface area contributed by atoms with E-state index in [1.165, 1.54) is 0 Å². The van der Waals surface area contributed by atoms with Gasteiger partial charge in [-0.1, -0.05) is 28.1 Å². The number of sulfonamides is 1. The number of carbonyl (C=O) groups is 1. The molecule has 1 rings (SSSR count). The minimum absolute atomic E-state index is 0.302. The Kier molecular flexibility index (Phi) is 4.67. The highest BCUT2D eigenvalue weighted by Crippen LogP contribution is 2.21. The van der Waals surface area contributed by atoms with E-state index in [0.717, 1.165) is 10.7 Å². The third kappa shape index (κ3) is 5.29. The van der Waals surface area contributed by atoms with Crippen LogP contribution in [-0.4, -0.2) is 25.7 Å². The molecule has 0 spiro atoms. The summed E-state index contributed by atoms with van der Waals surface area (Å²) in [5.74, 6) is -1.06. The molecule has 17 heavy (non-hydrogen) atoms. The molecule has 0 aliphatic heterocycles. The molecular formula is C10H12BrNO4S. The van der Waals surface area contributed by atoms with Crippen molar-refractivity contribution in [2.45, 2.75) is 12.5 Å². The van der Waals surface area contributed by atoms with Gasteiger partial charge in [0.05, 0.1) is 18.7 Å². The average Bonchev–Trinajstić information content (AvgIpc) is 2.13. The predicted octanol–water partition coefficient (Wildman–Crippen LogP) is 1.51. The summed E-state index contributed by atoms with van der Waals surface area (Å²) >= 11 is 3.25. The Morgan fingerprint density at radius 1 is 1.53 bits per heavy atom. The second kappa shape index (κ2) is 5.61. The number of nitrogens with one attached hydrogen (secondary N) is 1. The van der Waals surface area contributed by atoms with Gasteiger partial charge in [-0.2, -0.15) is 0 Å². The van der Waals surface area contributed by atoms with Crippen LogP contribution in [0, 0.1) is 0 Å². The Balaban J connectivity index is 3.01. The molecule has 0 aliphatic rings. The monoisotopic (exact) mass is 321 g/mol. The quantitative estimate of drug-likeness (QED) is 0.861. The van der Waals surface area contributed by atoms with Crippen LogP contribution in [0.1, 0.15) is 18.0 Å². The highest BCUT2D eigenvalue weighted by Gasteiger charge is 2.19. The summed E-state index contributed by atoms with van der Waals surface area (Å²) in [6, 6.07) is 6.10. The van der Waals surface area contributed by atoms with Gasteiger partial charge in [-0.05, 0) is 17.7 Å². The zero-order valence-corrected chi connectivity index (χ0v) is 11.5. The van der Waals surface area contributed by atoms with E-state index in [9.17, 15) is 13.2 Å². The van der Waals surface area contributed by atoms with Gasteiger partial charge in [0.1, 0.15) is 0 Å². The molecule has 2 N–H and O–H groups in total. The maximum Gasteiger partial charge on any atom is 0.305 e. The van der Waals surface area contributed by atoms with Gasteiger partial charge in [-0.3, -0.25) is 4.79 Å². The lowest BCUT2D eigenvalue weighted by Gasteiger charge is -2.16. The van der Waals surface area contributed by atoms with Crippen molar-refractivity contribution in [3.63, 3.8) is 0 Å². The molecule has 0 heterocycles. The topological polar surface area (TPSA) is 83.5 Å². The molecule has 1 aromatic carbocycles. The first kappa shape index (κ1) is 14.1. The fourth-order valence-corrected chi connectivity index (χ4v) is 2.54. The second-order valence-corrected chi connectivity index (χ2v) is 6.29. The molecule has 1 atom stereocenters. The van der Waals surface area contributed by atoms with Crippen molar-refractivity contribution in [3.05, 3.63) is 34.3 Å². The van der Waals surface area contributed by atoms with Crippen LogP contribution in [0.3, 0.4) is 0 Å². The van der Waals surface area contributed by atoms with Crippen LogP contribution in [0.4, 0.5) is 0 Å². The summed E-state index contributed by atoms with van der Waals surface area (Å²) in [4.78, 5) is 10.7. The Morgan fingerprint density at radius 2 is 2.18 bits per heavy atom. The van der Waals surface area contributed by atoms with E-state index in [-0.39, 0.29) is 6.42 Å². The molecular weight excluding hydrogens is 310 g/mol. The summed E-state index contributed by atoms with van der Waals surface area (Å²) in [5.41, 5.74) is 0.604. The number of hydrogen-bond acceptors (Lipinski definition) is 3. The van der Waals surface area contributed by atoms with Crippen LogP contribution in [0.15, 0.2) is 28.7 Å².